The summed E-state index contributed by atoms with van der Waals surface area (Å²) in [4.78, 5) is 18.1. The van der Waals surface area contributed by atoms with Crippen LogP contribution >= 0.6 is 0 Å². The number of hydrogen-bond acceptors (Lipinski definition) is 4. The van der Waals surface area contributed by atoms with Crippen LogP contribution in [0.4, 0.5) is 4.79 Å². The summed E-state index contributed by atoms with van der Waals surface area (Å²) >= 11 is 0. The normalized spacial score (nSPS) is 17.7. The summed E-state index contributed by atoms with van der Waals surface area (Å²) in [5, 5.41) is 3.32. The molecule has 1 amide bonds. The number of amides is 1. The van der Waals surface area contributed by atoms with Crippen molar-refractivity contribution in [3.63, 3.8) is 0 Å². The second-order valence-corrected chi connectivity index (χ2v) is 6.12. The van der Waals surface area contributed by atoms with Gasteiger partial charge in [0.15, 0.2) is 0 Å². The molecule has 0 saturated carbocycles. The molecule has 1 rings (SSSR count). The van der Waals surface area contributed by atoms with E-state index in [-0.39, 0.29) is 6.09 Å². The first-order chi connectivity index (χ1) is 8.81. The highest BCUT2D eigenvalue weighted by Gasteiger charge is 2.24. The number of aliphatic imine (C=N–C) groups is 1. The van der Waals surface area contributed by atoms with Crippen LogP contribution in [0.2, 0.25) is 0 Å². The Morgan fingerprint density at radius 1 is 1.53 bits per heavy atom. The van der Waals surface area contributed by atoms with Gasteiger partial charge in [-0.2, -0.15) is 0 Å². The first-order valence-electron chi connectivity index (χ1n) is 7.07. The number of amidine groups is 1. The molecule has 0 spiro atoms. The van der Waals surface area contributed by atoms with Crippen LogP contribution in [0.25, 0.3) is 0 Å². The van der Waals surface area contributed by atoms with Gasteiger partial charge in [-0.15, -0.1) is 0 Å². The van der Waals surface area contributed by atoms with Crippen molar-refractivity contribution in [2.75, 3.05) is 26.2 Å². The van der Waals surface area contributed by atoms with Gasteiger partial charge in [-0.25, -0.2) is 4.79 Å². The Morgan fingerprint density at radius 3 is 2.79 bits per heavy atom. The molecule has 0 aromatic carbocycles. The Morgan fingerprint density at radius 2 is 2.21 bits per heavy atom. The topological polar surface area (TPSA) is 53.9 Å². The zero-order valence-corrected chi connectivity index (χ0v) is 12.8. The van der Waals surface area contributed by atoms with Crippen molar-refractivity contribution >= 4 is 11.9 Å². The molecule has 1 aliphatic rings. The van der Waals surface area contributed by atoms with Gasteiger partial charge in [0.05, 0.1) is 13.1 Å². The van der Waals surface area contributed by atoms with E-state index in [1.807, 2.05) is 20.8 Å². The Labute approximate surface area is 116 Å². The summed E-state index contributed by atoms with van der Waals surface area (Å²) in [5.41, 5.74) is -0.448. The number of carbonyl (C=O) groups excluding carboxylic acids is 1. The molecule has 1 atom stereocenters. The van der Waals surface area contributed by atoms with E-state index in [1.54, 1.807) is 4.90 Å². The highest BCUT2D eigenvalue weighted by atomic mass is 16.6. The van der Waals surface area contributed by atoms with Gasteiger partial charge < -0.3 is 10.1 Å². The van der Waals surface area contributed by atoms with Crippen LogP contribution in [0.5, 0.6) is 0 Å². The molecule has 1 heterocycles. The van der Waals surface area contributed by atoms with Gasteiger partial charge in [-0.1, -0.05) is 20.3 Å². The van der Waals surface area contributed by atoms with Crippen LogP contribution in [0.3, 0.4) is 0 Å². The third kappa shape index (κ3) is 5.94. The van der Waals surface area contributed by atoms with E-state index in [4.69, 9.17) is 4.74 Å². The van der Waals surface area contributed by atoms with Gasteiger partial charge in [0.1, 0.15) is 11.4 Å². The lowest BCUT2D eigenvalue weighted by Gasteiger charge is -2.30. The zero-order valence-electron chi connectivity index (χ0n) is 12.8. The molecule has 5 nitrogen and oxygen atoms in total. The van der Waals surface area contributed by atoms with Crippen molar-refractivity contribution in [2.45, 2.75) is 46.6 Å². The van der Waals surface area contributed by atoms with E-state index >= 15 is 0 Å². The van der Waals surface area contributed by atoms with Crippen LogP contribution in [-0.2, 0) is 4.74 Å². The van der Waals surface area contributed by atoms with Gasteiger partial charge >= 0.3 is 6.09 Å². The highest BCUT2D eigenvalue weighted by Crippen LogP contribution is 2.11. The summed E-state index contributed by atoms with van der Waals surface area (Å²) in [7, 11) is 0. The third-order valence-electron chi connectivity index (χ3n) is 3.02. The number of hydrogen-bond donors (Lipinski definition) is 1. The molecule has 0 aliphatic carbocycles. The van der Waals surface area contributed by atoms with Crippen LogP contribution in [0.1, 0.15) is 41.0 Å². The first kappa shape index (κ1) is 15.8. The highest BCUT2D eigenvalue weighted by molar-refractivity contribution is 5.87. The van der Waals surface area contributed by atoms with Crippen LogP contribution in [0, 0.1) is 5.92 Å². The van der Waals surface area contributed by atoms with E-state index in [0.29, 0.717) is 25.6 Å². The predicted octanol–water partition coefficient (Wildman–Crippen LogP) is 2.27. The lowest BCUT2D eigenvalue weighted by molar-refractivity contribution is 0.0276. The number of nitrogens with one attached hydrogen (secondary N) is 1. The van der Waals surface area contributed by atoms with Crippen molar-refractivity contribution < 1.29 is 9.53 Å². The van der Waals surface area contributed by atoms with Crippen molar-refractivity contribution in [2.24, 2.45) is 10.9 Å². The molecule has 1 unspecified atom stereocenters. The molecule has 0 bridgehead atoms. The van der Waals surface area contributed by atoms with E-state index in [2.05, 4.69) is 24.2 Å². The second-order valence-electron chi connectivity index (χ2n) is 6.12. The quantitative estimate of drug-likeness (QED) is 0.855. The Kier molecular flexibility index (Phi) is 5.63. The maximum Gasteiger partial charge on any atom is 0.410 e. The van der Waals surface area contributed by atoms with Crippen LogP contribution < -0.4 is 5.32 Å². The summed E-state index contributed by atoms with van der Waals surface area (Å²) in [6.07, 6.45) is 0.876. The number of carbonyl (C=O) groups is 1. The fourth-order valence-corrected chi connectivity index (χ4v) is 1.65. The molecular weight excluding hydrogens is 242 g/mol. The second kappa shape index (κ2) is 6.78. The molecule has 19 heavy (non-hydrogen) atoms. The van der Waals surface area contributed by atoms with Gasteiger partial charge in [-0.05, 0) is 26.7 Å². The molecule has 0 saturated heterocycles. The molecule has 0 aromatic rings. The van der Waals surface area contributed by atoms with Gasteiger partial charge in [0.25, 0.3) is 0 Å². The van der Waals surface area contributed by atoms with Crippen molar-refractivity contribution in [1.82, 2.24) is 10.2 Å². The first-order valence-corrected chi connectivity index (χ1v) is 7.07. The Bertz CT molecular complexity index is 334. The van der Waals surface area contributed by atoms with Crippen molar-refractivity contribution in [3.05, 3.63) is 0 Å². The summed E-state index contributed by atoms with van der Waals surface area (Å²) in [6.45, 7) is 12.7. The fraction of sp³-hybridized carbons (Fsp3) is 0.857. The molecule has 1 N–H and O–H groups in total. The summed E-state index contributed by atoms with van der Waals surface area (Å²) in [5.74, 6) is 1.50. The Hall–Kier alpha value is -1.26. The average molecular weight is 269 g/mol. The van der Waals surface area contributed by atoms with E-state index in [9.17, 15) is 4.79 Å². The predicted molar refractivity (Wildman–Crippen MR) is 77.6 cm³/mol. The standard InChI is InChI=1S/C14H27N3O2/c1-6-11(2)9-16-12-10-17(8-7-15-12)13(18)19-14(3,4)5/h11H,6-10H2,1-5H3,(H,15,16). The van der Waals surface area contributed by atoms with Crippen molar-refractivity contribution in [1.29, 1.82) is 0 Å². The van der Waals surface area contributed by atoms with Gasteiger partial charge in [0, 0.05) is 13.1 Å². The Balaban J connectivity index is 2.45. The minimum atomic E-state index is -0.448. The lowest BCUT2D eigenvalue weighted by Crippen LogP contribution is -2.47. The average Bonchev–Trinajstić information content (AvgIpc) is 2.34. The largest absolute Gasteiger partial charge is 0.444 e. The maximum atomic E-state index is 12.0. The fourth-order valence-electron chi connectivity index (χ4n) is 1.65. The minimum Gasteiger partial charge on any atom is -0.444 e. The number of ether oxygens (including phenoxy) is 1. The third-order valence-corrected chi connectivity index (χ3v) is 3.02. The zero-order chi connectivity index (χ0) is 14.5. The molecule has 110 valence electrons. The van der Waals surface area contributed by atoms with E-state index in [0.717, 1.165) is 18.8 Å². The molecular formula is C14H27N3O2. The molecule has 0 aromatic heterocycles. The summed E-state index contributed by atoms with van der Waals surface area (Å²) < 4.78 is 5.38. The summed E-state index contributed by atoms with van der Waals surface area (Å²) in [6, 6.07) is 0. The van der Waals surface area contributed by atoms with Crippen LogP contribution in [0.15, 0.2) is 4.99 Å². The van der Waals surface area contributed by atoms with E-state index in [1.165, 1.54) is 0 Å². The van der Waals surface area contributed by atoms with Gasteiger partial charge in [0.2, 0.25) is 0 Å². The molecule has 1 aliphatic heterocycles. The molecule has 0 fully saturated rings. The number of rotatable bonds is 3. The monoisotopic (exact) mass is 269 g/mol. The lowest BCUT2D eigenvalue weighted by atomic mass is 10.1. The van der Waals surface area contributed by atoms with E-state index < -0.39 is 5.60 Å². The minimum absolute atomic E-state index is 0.259. The maximum absolute atomic E-state index is 12.0. The SMILES string of the molecule is CCC(C)CNC1=NCCN(C(=O)OC(C)(C)C)C1. The van der Waals surface area contributed by atoms with Crippen molar-refractivity contribution in [3.8, 4) is 0 Å². The molecule has 0 radical (unpaired) electrons. The number of nitrogens with zero attached hydrogens (tertiary/aromatic N) is 2. The van der Waals surface area contributed by atoms with Crippen LogP contribution in [-0.4, -0.2) is 48.6 Å². The molecule has 5 heteroatoms. The smallest absolute Gasteiger partial charge is 0.410 e. The van der Waals surface area contributed by atoms with Gasteiger partial charge in [-0.3, -0.25) is 9.89 Å².